The molecular weight excluding hydrogens is 397 g/mol. The van der Waals surface area contributed by atoms with Crippen molar-refractivity contribution in [2.75, 3.05) is 12.6 Å². The zero-order valence-corrected chi connectivity index (χ0v) is 16.3. The van der Waals surface area contributed by atoms with E-state index in [1.165, 1.54) is 10.7 Å². The average Bonchev–Trinajstić information content (AvgIpc) is 3.33. The number of rotatable bonds is 6. The van der Waals surface area contributed by atoms with Crippen molar-refractivity contribution in [1.82, 2.24) is 20.2 Å². The molecule has 10 heteroatoms. The first kappa shape index (κ1) is 19.1. The molecule has 4 rings (SSSR count). The molecule has 3 aromatic rings. The summed E-state index contributed by atoms with van der Waals surface area (Å²) in [7, 11) is 0. The van der Waals surface area contributed by atoms with Crippen LogP contribution in [-0.2, 0) is 11.3 Å². The zero-order chi connectivity index (χ0) is 20.4. The quantitative estimate of drug-likeness (QED) is 0.470. The van der Waals surface area contributed by atoms with Gasteiger partial charge in [-0.05, 0) is 36.8 Å². The second-order valence-corrected chi connectivity index (χ2v) is 7.63. The lowest BCUT2D eigenvalue weighted by atomic mass is 10.2. The molecule has 2 aromatic carbocycles. The van der Waals surface area contributed by atoms with E-state index in [2.05, 4.69) is 15.5 Å². The lowest BCUT2D eigenvalue weighted by molar-refractivity contribution is -0.120. The standard InChI is InChI=1S/C19H18FN5O3S/c1-11(18(26)22-9-12-6-7-15-16(8-12)28-10-27-15)29-19-24-23-17(25(19)21)13-4-2-3-5-14(13)20/h2-8,11H,9-10,21H2,1H3,(H,22,26)/t11-/m1/s1. The minimum Gasteiger partial charge on any atom is -0.454 e. The molecule has 0 bridgehead atoms. The third-order valence-corrected chi connectivity index (χ3v) is 5.39. The molecule has 1 aliphatic heterocycles. The molecule has 0 saturated carbocycles. The monoisotopic (exact) mass is 415 g/mol. The lowest BCUT2D eigenvalue weighted by Gasteiger charge is -2.12. The Hall–Kier alpha value is -3.27. The maximum Gasteiger partial charge on any atom is 0.233 e. The summed E-state index contributed by atoms with van der Waals surface area (Å²) in [6.07, 6.45) is 0. The molecule has 1 atom stereocenters. The van der Waals surface area contributed by atoms with E-state index in [9.17, 15) is 9.18 Å². The summed E-state index contributed by atoms with van der Waals surface area (Å²) in [5, 5.41) is 10.6. The van der Waals surface area contributed by atoms with Crippen molar-refractivity contribution in [3.05, 3.63) is 53.8 Å². The molecule has 150 valence electrons. The van der Waals surface area contributed by atoms with Crippen LogP contribution in [0.1, 0.15) is 12.5 Å². The Bertz CT molecular complexity index is 1060. The third-order valence-electron chi connectivity index (χ3n) is 4.33. The van der Waals surface area contributed by atoms with E-state index in [1.807, 2.05) is 18.2 Å². The number of hydrogen-bond donors (Lipinski definition) is 2. The van der Waals surface area contributed by atoms with Crippen molar-refractivity contribution < 1.29 is 18.7 Å². The topological polar surface area (TPSA) is 104 Å². The zero-order valence-electron chi connectivity index (χ0n) is 15.5. The van der Waals surface area contributed by atoms with Gasteiger partial charge in [0.1, 0.15) is 5.82 Å². The molecular formula is C19H18FN5O3S. The summed E-state index contributed by atoms with van der Waals surface area (Å²) in [6.45, 7) is 2.28. The molecule has 0 saturated heterocycles. The predicted octanol–water partition coefficient (Wildman–Crippen LogP) is 2.32. The van der Waals surface area contributed by atoms with Gasteiger partial charge in [0.2, 0.25) is 17.9 Å². The highest BCUT2D eigenvalue weighted by Gasteiger charge is 2.21. The van der Waals surface area contributed by atoms with Crippen molar-refractivity contribution >= 4 is 17.7 Å². The highest BCUT2D eigenvalue weighted by Crippen LogP contribution is 2.32. The van der Waals surface area contributed by atoms with Crippen LogP contribution in [0.25, 0.3) is 11.4 Å². The van der Waals surface area contributed by atoms with E-state index in [1.54, 1.807) is 25.1 Å². The Kier molecular flexibility index (Phi) is 5.26. The van der Waals surface area contributed by atoms with Crippen LogP contribution < -0.4 is 20.6 Å². The van der Waals surface area contributed by atoms with Gasteiger partial charge in [-0.2, -0.15) is 0 Å². The van der Waals surface area contributed by atoms with Crippen molar-refractivity contribution in [3.8, 4) is 22.9 Å². The fraction of sp³-hybridized carbons (Fsp3) is 0.211. The van der Waals surface area contributed by atoms with E-state index in [0.29, 0.717) is 23.2 Å². The number of halogens is 1. The minimum absolute atomic E-state index is 0.192. The molecule has 0 radical (unpaired) electrons. The van der Waals surface area contributed by atoms with Gasteiger partial charge in [0.25, 0.3) is 0 Å². The number of fused-ring (bicyclic) bond motifs is 1. The van der Waals surface area contributed by atoms with Crippen LogP contribution >= 0.6 is 11.8 Å². The predicted molar refractivity (Wildman–Crippen MR) is 105 cm³/mol. The van der Waals surface area contributed by atoms with E-state index in [-0.39, 0.29) is 24.1 Å². The molecule has 1 aromatic heterocycles. The Morgan fingerprint density at radius 1 is 1.28 bits per heavy atom. The van der Waals surface area contributed by atoms with Crippen molar-refractivity contribution in [2.45, 2.75) is 23.9 Å². The van der Waals surface area contributed by atoms with E-state index in [0.717, 1.165) is 17.3 Å². The van der Waals surface area contributed by atoms with E-state index >= 15 is 0 Å². The molecule has 3 N–H and O–H groups in total. The van der Waals surface area contributed by atoms with Gasteiger partial charge < -0.3 is 20.6 Å². The number of aromatic nitrogens is 3. The van der Waals surface area contributed by atoms with Crippen LogP contribution in [0.2, 0.25) is 0 Å². The average molecular weight is 415 g/mol. The Labute approximate surface area is 170 Å². The number of ether oxygens (including phenoxy) is 2. The molecule has 0 aliphatic carbocycles. The fourth-order valence-corrected chi connectivity index (χ4v) is 3.57. The van der Waals surface area contributed by atoms with Crippen molar-refractivity contribution in [1.29, 1.82) is 0 Å². The molecule has 0 fully saturated rings. The van der Waals surface area contributed by atoms with Gasteiger partial charge in [0, 0.05) is 6.54 Å². The second-order valence-electron chi connectivity index (χ2n) is 6.32. The smallest absolute Gasteiger partial charge is 0.233 e. The van der Waals surface area contributed by atoms with Gasteiger partial charge in [0.15, 0.2) is 17.3 Å². The largest absolute Gasteiger partial charge is 0.454 e. The van der Waals surface area contributed by atoms with Crippen LogP contribution in [-0.4, -0.2) is 32.8 Å². The van der Waals surface area contributed by atoms with E-state index in [4.69, 9.17) is 15.3 Å². The van der Waals surface area contributed by atoms with Crippen molar-refractivity contribution in [2.24, 2.45) is 0 Å². The van der Waals surface area contributed by atoms with Gasteiger partial charge in [-0.3, -0.25) is 4.79 Å². The number of nitrogens with zero attached hydrogens (tertiary/aromatic N) is 3. The van der Waals surface area contributed by atoms with Crippen LogP contribution in [0, 0.1) is 5.82 Å². The van der Waals surface area contributed by atoms with Crippen LogP contribution in [0.4, 0.5) is 4.39 Å². The summed E-state index contributed by atoms with van der Waals surface area (Å²) >= 11 is 1.14. The van der Waals surface area contributed by atoms with Gasteiger partial charge in [-0.15, -0.1) is 10.2 Å². The number of amides is 1. The summed E-state index contributed by atoms with van der Waals surface area (Å²) in [6, 6.07) is 11.7. The number of carbonyl (C=O) groups is 1. The maximum atomic E-state index is 14.0. The van der Waals surface area contributed by atoms with Crippen molar-refractivity contribution in [3.63, 3.8) is 0 Å². The first-order chi connectivity index (χ1) is 14.0. The first-order valence-electron chi connectivity index (χ1n) is 8.81. The normalized spacial score (nSPS) is 13.3. The van der Waals surface area contributed by atoms with Gasteiger partial charge in [-0.25, -0.2) is 9.07 Å². The number of nitrogens with two attached hydrogens (primary N) is 1. The number of thioether (sulfide) groups is 1. The highest BCUT2D eigenvalue weighted by atomic mass is 32.2. The fourth-order valence-electron chi connectivity index (χ4n) is 2.78. The molecule has 1 amide bonds. The summed E-state index contributed by atoms with van der Waals surface area (Å²) < 4.78 is 25.8. The number of nitrogen functional groups attached to an aromatic ring is 1. The second kappa shape index (κ2) is 8.00. The van der Waals surface area contributed by atoms with Crippen LogP contribution in [0.3, 0.4) is 0 Å². The number of benzene rings is 2. The van der Waals surface area contributed by atoms with Gasteiger partial charge in [0.05, 0.1) is 10.8 Å². The summed E-state index contributed by atoms with van der Waals surface area (Å²) in [4.78, 5) is 12.5. The Balaban J connectivity index is 1.38. The SMILES string of the molecule is C[C@@H](Sc1nnc(-c2ccccc2F)n1N)C(=O)NCc1ccc2c(c1)OCO2. The summed E-state index contributed by atoms with van der Waals surface area (Å²) in [5.41, 5.74) is 1.14. The molecule has 29 heavy (non-hydrogen) atoms. The molecule has 1 aliphatic rings. The first-order valence-corrected chi connectivity index (χ1v) is 9.69. The van der Waals surface area contributed by atoms with Crippen LogP contribution in [0.15, 0.2) is 47.6 Å². The minimum atomic E-state index is -0.482. The molecule has 8 nitrogen and oxygen atoms in total. The lowest BCUT2D eigenvalue weighted by Crippen LogP contribution is -2.30. The van der Waals surface area contributed by atoms with Gasteiger partial charge in [-0.1, -0.05) is 30.0 Å². The molecule has 0 spiro atoms. The Morgan fingerprint density at radius 2 is 2.07 bits per heavy atom. The highest BCUT2D eigenvalue weighted by molar-refractivity contribution is 8.00. The molecule has 0 unspecified atom stereocenters. The summed E-state index contributed by atoms with van der Waals surface area (Å²) in [5.74, 6) is 6.93. The number of hydrogen-bond acceptors (Lipinski definition) is 7. The number of carbonyl (C=O) groups excluding carboxylic acids is 1. The molecule has 2 heterocycles. The van der Waals surface area contributed by atoms with E-state index < -0.39 is 11.1 Å². The maximum absolute atomic E-state index is 14.0. The number of nitrogens with one attached hydrogen (secondary N) is 1. The third kappa shape index (κ3) is 3.97. The van der Waals surface area contributed by atoms with Gasteiger partial charge >= 0.3 is 0 Å². The Morgan fingerprint density at radius 3 is 2.90 bits per heavy atom. The van der Waals surface area contributed by atoms with Crippen LogP contribution in [0.5, 0.6) is 11.5 Å².